The van der Waals surface area contributed by atoms with Crippen molar-refractivity contribution in [1.82, 2.24) is 25.5 Å². The number of carbonyl (C=O) groups is 2. The minimum Gasteiger partial charge on any atom is -0.493 e. The van der Waals surface area contributed by atoms with E-state index in [1.165, 1.54) is 4.80 Å². The van der Waals surface area contributed by atoms with Crippen molar-refractivity contribution in [3.63, 3.8) is 0 Å². The summed E-state index contributed by atoms with van der Waals surface area (Å²) in [5, 5.41) is 15.8. The molecule has 1 saturated carbocycles. The van der Waals surface area contributed by atoms with Crippen LogP contribution >= 0.6 is 0 Å². The fraction of sp³-hybridized carbons (Fsp3) is 0.464. The highest BCUT2D eigenvalue weighted by Gasteiger charge is 2.33. The topological polar surface area (TPSA) is 111 Å². The molecule has 10 heteroatoms. The number of nitrogens with zero attached hydrogens (tertiary/aromatic N) is 5. The second kappa shape index (κ2) is 12.1. The van der Waals surface area contributed by atoms with Gasteiger partial charge < -0.3 is 14.8 Å². The summed E-state index contributed by atoms with van der Waals surface area (Å²) >= 11 is 0. The van der Waals surface area contributed by atoms with Gasteiger partial charge in [-0.25, -0.2) is 0 Å². The molecule has 10 nitrogen and oxygen atoms in total. The van der Waals surface area contributed by atoms with E-state index < -0.39 is 6.04 Å². The zero-order valence-electron chi connectivity index (χ0n) is 22.7. The lowest BCUT2D eigenvalue weighted by Crippen LogP contribution is -2.52. The predicted molar refractivity (Wildman–Crippen MR) is 144 cm³/mol. The van der Waals surface area contributed by atoms with Gasteiger partial charge in [0, 0.05) is 17.3 Å². The molecule has 2 aromatic carbocycles. The predicted octanol–water partition coefficient (Wildman–Crippen LogP) is 3.84. The molecule has 1 atom stereocenters. The Morgan fingerprint density at radius 2 is 1.82 bits per heavy atom. The Morgan fingerprint density at radius 1 is 1.08 bits per heavy atom. The second-order valence-electron chi connectivity index (χ2n) is 9.68. The maximum Gasteiger partial charge on any atom is 0.251 e. The lowest BCUT2D eigenvalue weighted by molar-refractivity contribution is -0.127. The molecular weight excluding hydrogens is 484 g/mol. The SMILES string of the molecule is CC[C@H](C(=O)NC1CCCC1)N(C(=O)Cn1nnc(-c2ccc(OC)c(OC)c2)n1)c1ccc(C)cc1C. The van der Waals surface area contributed by atoms with Crippen molar-refractivity contribution in [2.24, 2.45) is 0 Å². The number of hydrogen-bond acceptors (Lipinski definition) is 7. The number of hydrogen-bond donors (Lipinski definition) is 1. The van der Waals surface area contributed by atoms with Gasteiger partial charge in [-0.1, -0.05) is 37.5 Å². The van der Waals surface area contributed by atoms with Crippen LogP contribution in [0, 0.1) is 13.8 Å². The standard InChI is InChI=1S/C28H36N6O4/c1-6-22(28(36)29-21-9-7-8-10-21)34(23-13-11-18(2)15-19(23)3)26(35)17-33-31-27(30-32-33)20-12-14-24(37-4)25(16-20)38-5/h11-16,21-22H,6-10,17H2,1-5H3,(H,29,36)/t22-/m1/s1. The van der Waals surface area contributed by atoms with E-state index in [-0.39, 0.29) is 24.4 Å². The van der Waals surface area contributed by atoms with Crippen LogP contribution in [0.15, 0.2) is 36.4 Å². The molecule has 1 N–H and O–H groups in total. The van der Waals surface area contributed by atoms with Crippen molar-refractivity contribution in [3.05, 3.63) is 47.5 Å². The lowest BCUT2D eigenvalue weighted by atomic mass is 10.1. The highest BCUT2D eigenvalue weighted by Crippen LogP contribution is 2.31. The van der Waals surface area contributed by atoms with E-state index in [1.54, 1.807) is 37.3 Å². The molecule has 0 saturated heterocycles. The molecule has 38 heavy (non-hydrogen) atoms. The fourth-order valence-electron chi connectivity index (χ4n) is 5.00. The third-order valence-electron chi connectivity index (χ3n) is 6.95. The quantitative estimate of drug-likeness (QED) is 0.432. The van der Waals surface area contributed by atoms with Gasteiger partial charge in [-0.15, -0.1) is 10.2 Å². The summed E-state index contributed by atoms with van der Waals surface area (Å²) in [6, 6.07) is 10.7. The van der Waals surface area contributed by atoms with Gasteiger partial charge in [0.1, 0.15) is 12.6 Å². The van der Waals surface area contributed by atoms with Gasteiger partial charge >= 0.3 is 0 Å². The number of tetrazole rings is 1. The molecule has 0 aliphatic heterocycles. The summed E-state index contributed by atoms with van der Waals surface area (Å²) in [5.74, 6) is 1.05. The molecule has 3 aromatic rings. The van der Waals surface area contributed by atoms with Crippen LogP contribution in [0.5, 0.6) is 11.5 Å². The van der Waals surface area contributed by atoms with Crippen LogP contribution in [-0.4, -0.2) is 58.3 Å². The number of carbonyl (C=O) groups excluding carboxylic acids is 2. The molecule has 4 rings (SSSR count). The number of rotatable bonds is 10. The summed E-state index contributed by atoms with van der Waals surface area (Å²) in [6.45, 7) is 5.71. The molecule has 0 spiro atoms. The molecule has 202 valence electrons. The Balaban J connectivity index is 1.60. The number of amides is 2. The van der Waals surface area contributed by atoms with Crippen LogP contribution in [0.3, 0.4) is 0 Å². The van der Waals surface area contributed by atoms with E-state index in [4.69, 9.17) is 9.47 Å². The number of ether oxygens (including phenoxy) is 2. The summed E-state index contributed by atoms with van der Waals surface area (Å²) in [4.78, 5) is 30.1. The van der Waals surface area contributed by atoms with Gasteiger partial charge in [-0.3, -0.25) is 14.5 Å². The minimum atomic E-state index is -0.654. The number of aromatic nitrogens is 4. The molecule has 0 bridgehead atoms. The number of methoxy groups -OCH3 is 2. The fourth-order valence-corrected chi connectivity index (χ4v) is 5.00. The van der Waals surface area contributed by atoms with Crippen molar-refractivity contribution in [2.75, 3.05) is 19.1 Å². The average molecular weight is 521 g/mol. The third-order valence-corrected chi connectivity index (χ3v) is 6.95. The van der Waals surface area contributed by atoms with Gasteiger partial charge in [0.2, 0.25) is 11.7 Å². The highest BCUT2D eigenvalue weighted by molar-refractivity contribution is 6.01. The van der Waals surface area contributed by atoms with Crippen LogP contribution < -0.4 is 19.7 Å². The number of benzene rings is 2. The first-order valence-corrected chi connectivity index (χ1v) is 13.0. The van der Waals surface area contributed by atoms with E-state index in [0.717, 1.165) is 36.8 Å². The highest BCUT2D eigenvalue weighted by atomic mass is 16.5. The van der Waals surface area contributed by atoms with E-state index in [2.05, 4.69) is 20.7 Å². The Hall–Kier alpha value is -3.95. The maximum atomic E-state index is 13.8. The van der Waals surface area contributed by atoms with Crippen LogP contribution in [0.4, 0.5) is 5.69 Å². The van der Waals surface area contributed by atoms with Gasteiger partial charge in [-0.2, -0.15) is 4.80 Å². The summed E-state index contributed by atoms with van der Waals surface area (Å²) < 4.78 is 10.7. The smallest absolute Gasteiger partial charge is 0.251 e. The number of nitrogens with one attached hydrogen (secondary N) is 1. The molecule has 1 aliphatic rings. The molecule has 1 aliphatic carbocycles. The first-order valence-electron chi connectivity index (χ1n) is 13.0. The van der Waals surface area contributed by atoms with Crippen molar-refractivity contribution in [2.45, 2.75) is 71.5 Å². The Labute approximate surface area is 223 Å². The van der Waals surface area contributed by atoms with E-state index in [1.807, 2.05) is 39.0 Å². The van der Waals surface area contributed by atoms with Gasteiger partial charge in [-0.05, 0) is 68.2 Å². The zero-order chi connectivity index (χ0) is 27.2. The van der Waals surface area contributed by atoms with Crippen molar-refractivity contribution in [1.29, 1.82) is 0 Å². The number of anilines is 1. The summed E-state index contributed by atoms with van der Waals surface area (Å²) in [7, 11) is 3.12. The molecule has 2 amide bonds. The van der Waals surface area contributed by atoms with Crippen LogP contribution in [-0.2, 0) is 16.1 Å². The Morgan fingerprint density at radius 3 is 2.47 bits per heavy atom. The largest absolute Gasteiger partial charge is 0.493 e. The van der Waals surface area contributed by atoms with Crippen molar-refractivity contribution >= 4 is 17.5 Å². The number of aryl methyl sites for hydroxylation is 2. The second-order valence-corrected chi connectivity index (χ2v) is 9.68. The molecule has 1 fully saturated rings. The van der Waals surface area contributed by atoms with Gasteiger partial charge in [0.25, 0.3) is 5.91 Å². The van der Waals surface area contributed by atoms with Gasteiger partial charge in [0.15, 0.2) is 11.5 Å². The van der Waals surface area contributed by atoms with E-state index >= 15 is 0 Å². The van der Waals surface area contributed by atoms with Crippen molar-refractivity contribution < 1.29 is 19.1 Å². The monoisotopic (exact) mass is 520 g/mol. The summed E-state index contributed by atoms with van der Waals surface area (Å²) in [5.41, 5.74) is 3.38. The molecule has 1 aromatic heterocycles. The minimum absolute atomic E-state index is 0.134. The summed E-state index contributed by atoms with van der Waals surface area (Å²) in [6.07, 6.45) is 4.64. The molecular formula is C28H36N6O4. The van der Waals surface area contributed by atoms with Crippen molar-refractivity contribution in [3.8, 4) is 22.9 Å². The Kier molecular flexibility index (Phi) is 8.60. The molecule has 0 unspecified atom stereocenters. The Bertz CT molecular complexity index is 1280. The normalized spacial score (nSPS) is 14.2. The van der Waals surface area contributed by atoms with E-state index in [0.29, 0.717) is 35.0 Å². The maximum absolute atomic E-state index is 13.8. The average Bonchev–Trinajstić information content (AvgIpc) is 3.59. The van der Waals surface area contributed by atoms with Gasteiger partial charge in [0.05, 0.1) is 14.2 Å². The third kappa shape index (κ3) is 5.95. The van der Waals surface area contributed by atoms with Crippen LogP contribution in [0.25, 0.3) is 11.4 Å². The zero-order valence-corrected chi connectivity index (χ0v) is 22.7. The van der Waals surface area contributed by atoms with E-state index in [9.17, 15) is 9.59 Å². The van der Waals surface area contributed by atoms with Crippen LogP contribution in [0.2, 0.25) is 0 Å². The molecule has 1 heterocycles. The molecule has 0 radical (unpaired) electrons. The first kappa shape index (κ1) is 27.1. The first-order chi connectivity index (χ1) is 18.3. The lowest BCUT2D eigenvalue weighted by Gasteiger charge is -2.32. The van der Waals surface area contributed by atoms with Crippen LogP contribution in [0.1, 0.15) is 50.2 Å².